The summed E-state index contributed by atoms with van der Waals surface area (Å²) >= 11 is 0. The fourth-order valence-corrected chi connectivity index (χ4v) is 2.47. The van der Waals surface area contributed by atoms with Gasteiger partial charge in [-0.25, -0.2) is 0 Å². The van der Waals surface area contributed by atoms with E-state index in [4.69, 9.17) is 9.47 Å². The molecule has 0 N–H and O–H groups in total. The number of para-hydroxylation sites is 2. The lowest BCUT2D eigenvalue weighted by Gasteiger charge is -2.21. The number of fused-ring (bicyclic) bond motifs is 1. The Kier molecular flexibility index (Phi) is 5.53. The molecule has 1 aliphatic heterocycles. The van der Waals surface area contributed by atoms with Crippen molar-refractivity contribution in [1.29, 1.82) is 0 Å². The smallest absolute Gasteiger partial charge is 0.168 e. The Labute approximate surface area is 149 Å². The van der Waals surface area contributed by atoms with Crippen LogP contribution in [0.25, 0.3) is 11.1 Å². The molecule has 0 amide bonds. The van der Waals surface area contributed by atoms with Gasteiger partial charge in [0, 0.05) is 0 Å². The van der Waals surface area contributed by atoms with Crippen molar-refractivity contribution < 1.29 is 9.47 Å². The molecule has 0 spiro atoms. The first kappa shape index (κ1) is 16.8. The third-order valence-corrected chi connectivity index (χ3v) is 3.88. The maximum atomic E-state index is 5.65. The van der Waals surface area contributed by atoms with Crippen LogP contribution in [0.5, 0.6) is 11.5 Å². The SMILES string of the molecule is CC(C)=C1COc2ccccc2O1.c1ccc(-c2ccccc2)cc1. The standard InChI is InChI=1S/C12H10.C11H12O2/c1-3-7-11(8-4-1)12-9-5-2-6-10-12;1-8(2)11-7-12-9-5-3-4-6-10(9)13-11/h1-10H;3-6H,7H2,1-2H3. The first-order chi connectivity index (χ1) is 12.2. The summed E-state index contributed by atoms with van der Waals surface area (Å²) in [7, 11) is 0. The van der Waals surface area contributed by atoms with Crippen molar-refractivity contribution in [2.24, 2.45) is 0 Å². The van der Waals surface area contributed by atoms with Crippen LogP contribution >= 0.6 is 0 Å². The predicted molar refractivity (Wildman–Crippen MR) is 103 cm³/mol. The van der Waals surface area contributed by atoms with Crippen molar-refractivity contribution in [1.82, 2.24) is 0 Å². The molecule has 0 radical (unpaired) electrons. The van der Waals surface area contributed by atoms with Gasteiger partial charge in [-0.15, -0.1) is 0 Å². The highest BCUT2D eigenvalue weighted by Crippen LogP contribution is 2.32. The molecule has 126 valence electrons. The van der Waals surface area contributed by atoms with Gasteiger partial charge in [0.25, 0.3) is 0 Å². The van der Waals surface area contributed by atoms with Crippen molar-refractivity contribution in [3.8, 4) is 22.6 Å². The van der Waals surface area contributed by atoms with E-state index in [1.54, 1.807) is 0 Å². The van der Waals surface area contributed by atoms with Crippen LogP contribution in [0.2, 0.25) is 0 Å². The van der Waals surface area contributed by atoms with E-state index in [1.165, 1.54) is 11.1 Å². The zero-order valence-corrected chi connectivity index (χ0v) is 14.6. The van der Waals surface area contributed by atoms with Crippen LogP contribution in [0.4, 0.5) is 0 Å². The molecule has 25 heavy (non-hydrogen) atoms. The highest BCUT2D eigenvalue weighted by molar-refractivity contribution is 5.62. The minimum absolute atomic E-state index is 0.541. The van der Waals surface area contributed by atoms with Crippen molar-refractivity contribution in [3.63, 3.8) is 0 Å². The number of allylic oxidation sites excluding steroid dienone is 1. The number of hydrogen-bond acceptors (Lipinski definition) is 2. The number of rotatable bonds is 1. The van der Waals surface area contributed by atoms with Crippen LogP contribution in [0, 0.1) is 0 Å². The molecule has 0 aliphatic carbocycles. The van der Waals surface area contributed by atoms with Gasteiger partial charge < -0.3 is 9.47 Å². The molecule has 0 atom stereocenters. The Morgan fingerprint density at radius 3 is 1.64 bits per heavy atom. The number of ether oxygens (including phenoxy) is 2. The summed E-state index contributed by atoms with van der Waals surface area (Å²) < 4.78 is 11.2. The molecule has 3 aromatic rings. The number of benzene rings is 3. The van der Waals surface area contributed by atoms with Crippen molar-refractivity contribution in [3.05, 3.63) is 96.3 Å². The Balaban J connectivity index is 0.000000146. The first-order valence-electron chi connectivity index (χ1n) is 8.40. The van der Waals surface area contributed by atoms with Gasteiger partial charge in [-0.3, -0.25) is 0 Å². The summed E-state index contributed by atoms with van der Waals surface area (Å²) in [6.45, 7) is 4.58. The second kappa shape index (κ2) is 8.20. The van der Waals surface area contributed by atoms with E-state index in [0.29, 0.717) is 6.61 Å². The lowest BCUT2D eigenvalue weighted by Crippen LogP contribution is -2.14. The van der Waals surface area contributed by atoms with Crippen molar-refractivity contribution >= 4 is 0 Å². The van der Waals surface area contributed by atoms with E-state index >= 15 is 0 Å². The van der Waals surface area contributed by atoms with Crippen LogP contribution in [-0.2, 0) is 0 Å². The Hall–Kier alpha value is -3.00. The number of hydrogen-bond donors (Lipinski definition) is 0. The van der Waals surface area contributed by atoms with Gasteiger partial charge >= 0.3 is 0 Å². The molecule has 2 nitrogen and oxygen atoms in total. The maximum absolute atomic E-state index is 5.65. The van der Waals surface area contributed by atoms with Gasteiger partial charge in [-0.05, 0) is 42.7 Å². The summed E-state index contributed by atoms with van der Waals surface area (Å²) in [4.78, 5) is 0. The molecule has 1 aliphatic rings. The van der Waals surface area contributed by atoms with Crippen molar-refractivity contribution in [2.75, 3.05) is 6.61 Å². The summed E-state index contributed by atoms with van der Waals surface area (Å²) in [5.74, 6) is 2.55. The second-order valence-corrected chi connectivity index (χ2v) is 5.99. The molecule has 0 saturated carbocycles. The summed E-state index contributed by atoms with van der Waals surface area (Å²) in [5.41, 5.74) is 3.71. The molecule has 0 aromatic heterocycles. The van der Waals surface area contributed by atoms with Gasteiger partial charge in [0.15, 0.2) is 11.5 Å². The monoisotopic (exact) mass is 330 g/mol. The van der Waals surface area contributed by atoms with E-state index in [0.717, 1.165) is 22.8 Å². The van der Waals surface area contributed by atoms with Gasteiger partial charge in [0.05, 0.1) is 0 Å². The van der Waals surface area contributed by atoms with E-state index in [2.05, 4.69) is 48.5 Å². The fraction of sp³-hybridized carbons (Fsp3) is 0.130. The highest BCUT2D eigenvalue weighted by Gasteiger charge is 2.15. The van der Waals surface area contributed by atoms with E-state index in [1.807, 2.05) is 50.2 Å². The van der Waals surface area contributed by atoms with Crippen LogP contribution in [-0.4, -0.2) is 6.61 Å². The third kappa shape index (κ3) is 4.51. The molecular weight excluding hydrogens is 308 g/mol. The molecule has 4 rings (SSSR count). The average Bonchev–Trinajstić information content (AvgIpc) is 2.69. The fourth-order valence-electron chi connectivity index (χ4n) is 2.47. The molecule has 0 fully saturated rings. The van der Waals surface area contributed by atoms with Gasteiger partial charge in [0.1, 0.15) is 12.4 Å². The third-order valence-electron chi connectivity index (χ3n) is 3.88. The summed E-state index contributed by atoms with van der Waals surface area (Å²) in [5, 5.41) is 0. The van der Waals surface area contributed by atoms with Gasteiger partial charge in [-0.2, -0.15) is 0 Å². The van der Waals surface area contributed by atoms with Gasteiger partial charge in [0.2, 0.25) is 0 Å². The minimum atomic E-state index is 0.541. The van der Waals surface area contributed by atoms with Crippen LogP contribution < -0.4 is 9.47 Å². The lowest BCUT2D eigenvalue weighted by molar-refractivity contribution is 0.229. The zero-order valence-electron chi connectivity index (χ0n) is 14.6. The van der Waals surface area contributed by atoms with E-state index < -0.39 is 0 Å². The first-order valence-corrected chi connectivity index (χ1v) is 8.40. The van der Waals surface area contributed by atoms with Crippen LogP contribution in [0.1, 0.15) is 13.8 Å². The average molecular weight is 330 g/mol. The largest absolute Gasteiger partial charge is 0.482 e. The van der Waals surface area contributed by atoms with Gasteiger partial charge in [-0.1, -0.05) is 72.8 Å². The molecule has 0 bridgehead atoms. The zero-order chi connectivity index (χ0) is 17.5. The normalized spacial score (nSPS) is 12.0. The second-order valence-electron chi connectivity index (χ2n) is 5.99. The Bertz CT molecular complexity index is 795. The minimum Gasteiger partial charge on any atom is -0.482 e. The lowest BCUT2D eigenvalue weighted by atomic mass is 10.1. The molecule has 1 heterocycles. The van der Waals surface area contributed by atoms with E-state index in [9.17, 15) is 0 Å². The maximum Gasteiger partial charge on any atom is 0.168 e. The molecule has 0 saturated heterocycles. The highest BCUT2D eigenvalue weighted by atomic mass is 16.6. The Morgan fingerprint density at radius 1 is 0.640 bits per heavy atom. The topological polar surface area (TPSA) is 18.5 Å². The van der Waals surface area contributed by atoms with Crippen LogP contribution in [0.15, 0.2) is 96.3 Å². The molecule has 0 unspecified atom stereocenters. The van der Waals surface area contributed by atoms with Crippen LogP contribution in [0.3, 0.4) is 0 Å². The molecule has 3 aromatic carbocycles. The summed E-state index contributed by atoms with van der Waals surface area (Å²) in [6.07, 6.45) is 0. The van der Waals surface area contributed by atoms with Crippen molar-refractivity contribution in [2.45, 2.75) is 13.8 Å². The van der Waals surface area contributed by atoms with E-state index in [-0.39, 0.29) is 0 Å². The molecule has 2 heteroatoms. The Morgan fingerprint density at radius 2 is 1.12 bits per heavy atom. The quantitative estimate of drug-likeness (QED) is 0.536. The summed E-state index contributed by atoms with van der Waals surface area (Å²) in [6, 6.07) is 28.5. The molecular formula is C23H22O2. The predicted octanol–water partition coefficient (Wildman–Crippen LogP) is 6.11.